The van der Waals surface area contributed by atoms with Crippen molar-refractivity contribution >= 4 is 5.78 Å². The van der Waals surface area contributed by atoms with Gasteiger partial charge in [0.2, 0.25) is 0 Å². The van der Waals surface area contributed by atoms with Crippen molar-refractivity contribution in [2.24, 2.45) is 0 Å². The molecule has 22 heavy (non-hydrogen) atoms. The number of rotatable bonds is 1. The van der Waals surface area contributed by atoms with Crippen molar-refractivity contribution < 1.29 is 27.8 Å². The van der Waals surface area contributed by atoms with Gasteiger partial charge in [0.05, 0.1) is 17.5 Å². The number of carbonyl (C=O) groups is 1. The van der Waals surface area contributed by atoms with Crippen molar-refractivity contribution in [1.82, 2.24) is 0 Å². The van der Waals surface area contributed by atoms with E-state index in [9.17, 15) is 23.1 Å². The molecule has 0 spiro atoms. The number of carbonyl (C=O) groups excluding carboxylic acids is 1. The average Bonchev–Trinajstić information content (AvgIpc) is 2.47. The first-order valence-corrected chi connectivity index (χ1v) is 6.55. The Hall–Kier alpha value is -2.50. The zero-order chi connectivity index (χ0) is 15.9. The van der Waals surface area contributed by atoms with Crippen LogP contribution in [0.2, 0.25) is 0 Å². The normalized spacial score (nSPS) is 17.8. The Labute approximate surface area is 124 Å². The van der Waals surface area contributed by atoms with E-state index in [0.29, 0.717) is 0 Å². The fraction of sp³-hybridized carbons (Fsp3) is 0.188. The molecule has 1 aliphatic heterocycles. The van der Waals surface area contributed by atoms with Crippen LogP contribution in [0.3, 0.4) is 0 Å². The van der Waals surface area contributed by atoms with E-state index >= 15 is 0 Å². The van der Waals surface area contributed by atoms with Crippen molar-refractivity contribution in [1.29, 1.82) is 0 Å². The first-order valence-electron chi connectivity index (χ1n) is 6.55. The Balaban J connectivity index is 2.02. The highest BCUT2D eigenvalue weighted by atomic mass is 19.4. The lowest BCUT2D eigenvalue weighted by atomic mass is 9.93. The summed E-state index contributed by atoms with van der Waals surface area (Å²) in [6.07, 6.45) is -5.72. The minimum atomic E-state index is -4.52. The molecular formula is C16H11F3O3. The van der Waals surface area contributed by atoms with E-state index in [4.69, 9.17) is 4.74 Å². The number of hydrogen-bond acceptors (Lipinski definition) is 3. The average molecular weight is 308 g/mol. The second-order valence-corrected chi connectivity index (χ2v) is 5.00. The van der Waals surface area contributed by atoms with Crippen molar-refractivity contribution in [2.75, 3.05) is 0 Å². The number of fused-ring (bicyclic) bond motifs is 1. The van der Waals surface area contributed by atoms with Crippen molar-refractivity contribution in [3.8, 4) is 11.5 Å². The van der Waals surface area contributed by atoms with Crippen molar-refractivity contribution in [3.05, 3.63) is 59.2 Å². The maximum atomic E-state index is 13.1. The third-order valence-electron chi connectivity index (χ3n) is 3.52. The molecule has 1 heterocycles. The number of halogens is 3. The molecule has 3 nitrogen and oxygen atoms in total. The van der Waals surface area contributed by atoms with Crippen molar-refractivity contribution in [2.45, 2.75) is 18.7 Å². The first kappa shape index (κ1) is 14.4. The molecule has 0 aliphatic carbocycles. The van der Waals surface area contributed by atoms with Crippen LogP contribution < -0.4 is 4.74 Å². The molecule has 0 aromatic heterocycles. The number of hydrogen-bond donors (Lipinski definition) is 1. The van der Waals surface area contributed by atoms with Crippen LogP contribution in [0.1, 0.15) is 34.0 Å². The maximum Gasteiger partial charge on any atom is 0.416 e. The van der Waals surface area contributed by atoms with Crippen LogP contribution in [-0.4, -0.2) is 10.9 Å². The Morgan fingerprint density at radius 2 is 1.86 bits per heavy atom. The number of phenolic OH excluding ortho intramolecular Hbond substituents is 1. The van der Waals surface area contributed by atoms with Crippen LogP contribution in [0.4, 0.5) is 13.2 Å². The molecule has 0 bridgehead atoms. The summed E-state index contributed by atoms with van der Waals surface area (Å²) in [6.45, 7) is 0. The van der Waals surface area contributed by atoms with Crippen LogP contribution in [0, 0.1) is 0 Å². The van der Waals surface area contributed by atoms with Crippen molar-refractivity contribution in [3.63, 3.8) is 0 Å². The van der Waals surface area contributed by atoms with Gasteiger partial charge >= 0.3 is 6.18 Å². The van der Waals surface area contributed by atoms with E-state index in [1.165, 1.54) is 36.4 Å². The molecule has 1 aliphatic rings. The zero-order valence-corrected chi connectivity index (χ0v) is 11.2. The molecule has 2 aromatic rings. The smallest absolute Gasteiger partial charge is 0.416 e. The Bertz CT molecular complexity index is 738. The molecule has 1 N–H and O–H groups in total. The Morgan fingerprint density at radius 1 is 1.14 bits per heavy atom. The molecule has 0 saturated heterocycles. The van der Waals surface area contributed by atoms with Gasteiger partial charge in [-0.3, -0.25) is 4.79 Å². The fourth-order valence-corrected chi connectivity index (χ4v) is 2.52. The van der Waals surface area contributed by atoms with Gasteiger partial charge in [-0.2, -0.15) is 13.2 Å². The number of benzene rings is 2. The summed E-state index contributed by atoms with van der Waals surface area (Å²) >= 11 is 0. The molecule has 1 unspecified atom stereocenters. The van der Waals surface area contributed by atoms with Gasteiger partial charge in [-0.1, -0.05) is 18.2 Å². The summed E-state index contributed by atoms with van der Waals surface area (Å²) in [4.78, 5) is 12.1. The minimum Gasteiger partial charge on any atom is -0.508 e. The van der Waals surface area contributed by atoms with Gasteiger partial charge in [-0.05, 0) is 24.3 Å². The molecule has 2 aromatic carbocycles. The molecule has 0 fully saturated rings. The lowest BCUT2D eigenvalue weighted by molar-refractivity contribution is -0.139. The summed E-state index contributed by atoms with van der Waals surface area (Å²) < 4.78 is 44.8. The zero-order valence-electron chi connectivity index (χ0n) is 11.2. The van der Waals surface area contributed by atoms with Gasteiger partial charge in [0.25, 0.3) is 0 Å². The Morgan fingerprint density at radius 3 is 2.59 bits per heavy atom. The summed E-state index contributed by atoms with van der Waals surface area (Å²) in [5.41, 5.74) is -0.696. The first-order chi connectivity index (χ1) is 10.4. The molecule has 6 heteroatoms. The molecule has 114 valence electrons. The van der Waals surface area contributed by atoms with Crippen LogP contribution >= 0.6 is 0 Å². The molecular weight excluding hydrogens is 297 g/mol. The fourth-order valence-electron chi connectivity index (χ4n) is 2.52. The SMILES string of the molecule is O=C1CC(c2ccccc2C(F)(F)F)Oc2ccc(O)cc21. The molecule has 1 atom stereocenters. The second kappa shape index (κ2) is 5.05. The molecule has 0 radical (unpaired) electrons. The summed E-state index contributed by atoms with van der Waals surface area (Å²) in [7, 11) is 0. The summed E-state index contributed by atoms with van der Waals surface area (Å²) in [5.74, 6) is -0.278. The van der Waals surface area contributed by atoms with Gasteiger partial charge in [-0.25, -0.2) is 0 Å². The quantitative estimate of drug-likeness (QED) is 0.862. The highest BCUT2D eigenvalue weighted by Gasteiger charge is 2.37. The van der Waals surface area contributed by atoms with E-state index in [0.717, 1.165) is 6.07 Å². The molecule has 3 rings (SSSR count). The maximum absolute atomic E-state index is 13.1. The number of aromatic hydroxyl groups is 1. The van der Waals surface area contributed by atoms with Gasteiger partial charge in [0.1, 0.15) is 17.6 Å². The van der Waals surface area contributed by atoms with Gasteiger partial charge in [0, 0.05) is 5.56 Å². The third kappa shape index (κ3) is 2.52. The van der Waals surface area contributed by atoms with E-state index < -0.39 is 17.8 Å². The van der Waals surface area contributed by atoms with E-state index in [1.807, 2.05) is 0 Å². The second-order valence-electron chi connectivity index (χ2n) is 5.00. The van der Waals surface area contributed by atoms with Gasteiger partial charge in [-0.15, -0.1) is 0 Å². The summed E-state index contributed by atoms with van der Waals surface area (Å²) in [5, 5.41) is 9.38. The topological polar surface area (TPSA) is 46.5 Å². The highest BCUT2D eigenvalue weighted by molar-refractivity contribution is 6.00. The number of alkyl halides is 3. The number of Topliss-reactive ketones (excluding diaryl/α,β-unsaturated/α-hetero) is 1. The van der Waals surface area contributed by atoms with Crippen LogP contribution in [0.5, 0.6) is 11.5 Å². The van der Waals surface area contributed by atoms with Crippen LogP contribution in [0.25, 0.3) is 0 Å². The lowest BCUT2D eigenvalue weighted by Gasteiger charge is -2.27. The lowest BCUT2D eigenvalue weighted by Crippen LogP contribution is -2.23. The van der Waals surface area contributed by atoms with Gasteiger partial charge < -0.3 is 9.84 Å². The van der Waals surface area contributed by atoms with Gasteiger partial charge in [0.15, 0.2) is 5.78 Å². The largest absolute Gasteiger partial charge is 0.508 e. The third-order valence-corrected chi connectivity index (χ3v) is 3.52. The number of phenols is 1. The van der Waals surface area contributed by atoms with E-state index in [2.05, 4.69) is 0 Å². The van der Waals surface area contributed by atoms with E-state index in [-0.39, 0.29) is 34.8 Å². The number of ether oxygens (including phenoxy) is 1. The number of ketones is 1. The van der Waals surface area contributed by atoms with E-state index in [1.54, 1.807) is 0 Å². The molecule has 0 amide bonds. The standard InChI is InChI=1S/C16H11F3O3/c17-16(18,19)12-4-2-1-3-10(12)15-8-13(21)11-7-9(20)5-6-14(11)22-15/h1-7,15,20H,8H2. The minimum absolute atomic E-state index is 0.0675. The van der Waals surface area contributed by atoms with Crippen LogP contribution in [-0.2, 0) is 6.18 Å². The monoisotopic (exact) mass is 308 g/mol. The Kier molecular flexibility index (Phi) is 3.31. The predicted molar refractivity (Wildman–Crippen MR) is 71.9 cm³/mol. The highest BCUT2D eigenvalue weighted by Crippen LogP contribution is 2.41. The van der Waals surface area contributed by atoms with Crippen LogP contribution in [0.15, 0.2) is 42.5 Å². The summed E-state index contributed by atoms with van der Waals surface area (Å²) in [6, 6.07) is 9.01. The molecule has 0 saturated carbocycles. The predicted octanol–water partition coefficient (Wildman–Crippen LogP) is 4.12.